The maximum atomic E-state index is 14.3. The van der Waals surface area contributed by atoms with Gasteiger partial charge in [0.25, 0.3) is 5.95 Å². The Labute approximate surface area is 201 Å². The van der Waals surface area contributed by atoms with Crippen molar-refractivity contribution in [1.82, 2.24) is 24.7 Å². The predicted octanol–water partition coefficient (Wildman–Crippen LogP) is 4.20. The summed E-state index contributed by atoms with van der Waals surface area (Å²) >= 11 is 0. The first-order valence-electron chi connectivity index (χ1n) is 10.5. The standard InChI is InChI=1S/C24H17F4N7O/c1-36-19-6-7-31-10-14(19)20-22(29)32-24(33-23(20)30)35-18-5-2-11(25)8-13(18)17(34-35)9-12-15(26)3-4-16(27)21(12)28/h2-8,10H,9H2,1H3,(H4,29,30,32,33). The van der Waals surface area contributed by atoms with Gasteiger partial charge in [-0.3, -0.25) is 4.98 Å². The van der Waals surface area contributed by atoms with Crippen molar-refractivity contribution in [3.63, 3.8) is 0 Å². The van der Waals surface area contributed by atoms with Crippen LogP contribution in [0.4, 0.5) is 29.2 Å². The van der Waals surface area contributed by atoms with Crippen LogP contribution in [0.15, 0.2) is 48.8 Å². The van der Waals surface area contributed by atoms with Gasteiger partial charge in [-0.25, -0.2) is 17.6 Å². The molecule has 0 unspecified atom stereocenters. The van der Waals surface area contributed by atoms with E-state index in [4.69, 9.17) is 16.2 Å². The van der Waals surface area contributed by atoms with Crippen molar-refractivity contribution in [3.05, 3.63) is 83.3 Å². The lowest BCUT2D eigenvalue weighted by Gasteiger charge is -2.13. The number of ether oxygens (including phenoxy) is 1. The summed E-state index contributed by atoms with van der Waals surface area (Å²) < 4.78 is 63.0. The van der Waals surface area contributed by atoms with Crippen LogP contribution in [0, 0.1) is 23.3 Å². The van der Waals surface area contributed by atoms with E-state index in [0.717, 1.165) is 12.1 Å². The summed E-state index contributed by atoms with van der Waals surface area (Å²) in [4.78, 5) is 12.7. The van der Waals surface area contributed by atoms with E-state index in [9.17, 15) is 17.6 Å². The smallest absolute Gasteiger partial charge is 0.255 e. The SMILES string of the molecule is COc1ccncc1-c1c(N)nc(-n2nc(Cc3c(F)ccc(F)c3F)c3cc(F)ccc32)nc1N. The lowest BCUT2D eigenvalue weighted by Crippen LogP contribution is -2.10. The number of halogens is 4. The second kappa shape index (κ2) is 8.80. The quantitative estimate of drug-likeness (QED) is 0.277. The highest BCUT2D eigenvalue weighted by molar-refractivity contribution is 5.87. The van der Waals surface area contributed by atoms with E-state index < -0.39 is 35.3 Å². The van der Waals surface area contributed by atoms with E-state index in [0.29, 0.717) is 22.9 Å². The summed E-state index contributed by atoms with van der Waals surface area (Å²) in [5.74, 6) is -3.80. The van der Waals surface area contributed by atoms with Crippen molar-refractivity contribution in [2.75, 3.05) is 18.6 Å². The zero-order chi connectivity index (χ0) is 25.6. The molecule has 0 radical (unpaired) electrons. The fourth-order valence-corrected chi connectivity index (χ4v) is 3.94. The number of nitrogens with zero attached hydrogens (tertiary/aromatic N) is 5. The van der Waals surface area contributed by atoms with Crippen LogP contribution in [-0.2, 0) is 6.42 Å². The largest absolute Gasteiger partial charge is 0.496 e. The first kappa shape index (κ1) is 23.0. The predicted molar refractivity (Wildman–Crippen MR) is 124 cm³/mol. The van der Waals surface area contributed by atoms with E-state index in [1.807, 2.05) is 0 Å². The minimum atomic E-state index is -1.35. The van der Waals surface area contributed by atoms with Crippen LogP contribution in [0.2, 0.25) is 0 Å². The molecule has 0 aliphatic heterocycles. The molecule has 3 aromatic heterocycles. The molecule has 0 bridgehead atoms. The normalized spacial score (nSPS) is 11.2. The van der Waals surface area contributed by atoms with Crippen molar-refractivity contribution in [2.24, 2.45) is 0 Å². The van der Waals surface area contributed by atoms with Gasteiger partial charge < -0.3 is 16.2 Å². The molecule has 36 heavy (non-hydrogen) atoms. The molecule has 4 N–H and O–H groups in total. The van der Waals surface area contributed by atoms with Crippen LogP contribution in [0.5, 0.6) is 5.75 Å². The molecular formula is C24H17F4N7O. The van der Waals surface area contributed by atoms with E-state index in [1.165, 1.54) is 36.3 Å². The van der Waals surface area contributed by atoms with Gasteiger partial charge in [-0.05, 0) is 36.4 Å². The first-order chi connectivity index (χ1) is 17.3. The third-order valence-electron chi connectivity index (χ3n) is 5.61. The summed E-state index contributed by atoms with van der Waals surface area (Å²) in [7, 11) is 1.47. The zero-order valence-corrected chi connectivity index (χ0v) is 18.6. The molecule has 0 aliphatic carbocycles. The van der Waals surface area contributed by atoms with Crippen molar-refractivity contribution >= 4 is 22.5 Å². The average molecular weight is 495 g/mol. The lowest BCUT2D eigenvalue weighted by atomic mass is 10.1. The van der Waals surface area contributed by atoms with Gasteiger partial charge in [0.1, 0.15) is 29.0 Å². The third kappa shape index (κ3) is 3.82. The number of fused-ring (bicyclic) bond motifs is 1. The van der Waals surface area contributed by atoms with Crippen molar-refractivity contribution in [2.45, 2.75) is 6.42 Å². The second-order valence-corrected chi connectivity index (χ2v) is 7.76. The van der Waals surface area contributed by atoms with E-state index in [-0.39, 0.29) is 34.2 Å². The van der Waals surface area contributed by atoms with Crippen molar-refractivity contribution < 1.29 is 22.3 Å². The minimum absolute atomic E-state index is 0.0154. The third-order valence-corrected chi connectivity index (χ3v) is 5.61. The molecule has 5 aromatic rings. The molecule has 3 heterocycles. The Balaban J connectivity index is 1.67. The van der Waals surface area contributed by atoms with E-state index >= 15 is 0 Å². The van der Waals surface area contributed by atoms with Gasteiger partial charge in [0, 0.05) is 35.3 Å². The Morgan fingerprint density at radius 1 is 0.944 bits per heavy atom. The molecule has 12 heteroatoms. The Morgan fingerprint density at radius 2 is 1.67 bits per heavy atom. The van der Waals surface area contributed by atoms with Crippen molar-refractivity contribution in [1.29, 1.82) is 0 Å². The summed E-state index contributed by atoms with van der Waals surface area (Å²) in [6, 6.07) is 6.83. The lowest BCUT2D eigenvalue weighted by molar-refractivity contribution is 0.416. The van der Waals surface area contributed by atoms with E-state index in [1.54, 1.807) is 6.07 Å². The number of aromatic nitrogens is 5. The fraction of sp³-hybridized carbons (Fsp3) is 0.0833. The van der Waals surface area contributed by atoms with Gasteiger partial charge in [-0.15, -0.1) is 0 Å². The van der Waals surface area contributed by atoms with Crippen LogP contribution < -0.4 is 16.2 Å². The Bertz CT molecular complexity index is 1610. The second-order valence-electron chi connectivity index (χ2n) is 7.76. The number of pyridine rings is 1. The van der Waals surface area contributed by atoms with Gasteiger partial charge in [-0.2, -0.15) is 19.7 Å². The highest BCUT2D eigenvalue weighted by atomic mass is 19.2. The van der Waals surface area contributed by atoms with Gasteiger partial charge in [-0.1, -0.05) is 0 Å². The Morgan fingerprint density at radius 3 is 2.39 bits per heavy atom. The zero-order valence-electron chi connectivity index (χ0n) is 18.6. The summed E-state index contributed by atoms with van der Waals surface area (Å²) in [6.45, 7) is 0. The molecule has 8 nitrogen and oxygen atoms in total. The molecule has 0 fully saturated rings. The highest BCUT2D eigenvalue weighted by Crippen LogP contribution is 2.36. The summed E-state index contributed by atoms with van der Waals surface area (Å²) in [5.41, 5.74) is 13.0. The molecule has 0 saturated carbocycles. The molecule has 0 atom stereocenters. The molecule has 2 aromatic carbocycles. The number of methoxy groups -OCH3 is 1. The maximum absolute atomic E-state index is 14.3. The van der Waals surface area contributed by atoms with Crippen LogP contribution >= 0.6 is 0 Å². The molecule has 0 aliphatic rings. The minimum Gasteiger partial charge on any atom is -0.496 e. The topological polar surface area (TPSA) is 118 Å². The number of benzene rings is 2. The van der Waals surface area contributed by atoms with Crippen LogP contribution in [0.1, 0.15) is 11.3 Å². The molecule has 5 rings (SSSR count). The number of nitrogen functional groups attached to an aromatic ring is 2. The number of anilines is 2. The fourth-order valence-electron chi connectivity index (χ4n) is 3.94. The number of hydrogen-bond acceptors (Lipinski definition) is 7. The molecule has 0 spiro atoms. The molecule has 0 saturated heterocycles. The van der Waals surface area contributed by atoms with Gasteiger partial charge in [0.05, 0.1) is 23.9 Å². The van der Waals surface area contributed by atoms with Gasteiger partial charge >= 0.3 is 0 Å². The first-order valence-corrected chi connectivity index (χ1v) is 10.5. The Kier molecular flexibility index (Phi) is 5.63. The monoisotopic (exact) mass is 495 g/mol. The maximum Gasteiger partial charge on any atom is 0.255 e. The summed E-state index contributed by atoms with van der Waals surface area (Å²) in [6.07, 6.45) is 2.57. The Hall–Kier alpha value is -4.74. The van der Waals surface area contributed by atoms with Crippen molar-refractivity contribution in [3.8, 4) is 22.8 Å². The summed E-state index contributed by atoms with van der Waals surface area (Å²) in [5, 5.41) is 4.57. The van der Waals surface area contributed by atoms with Crippen LogP contribution in [-0.4, -0.2) is 31.8 Å². The molecule has 0 amide bonds. The number of hydrogen-bond donors (Lipinski definition) is 2. The molecule has 182 valence electrons. The average Bonchev–Trinajstić information content (AvgIpc) is 3.21. The van der Waals surface area contributed by atoms with Crippen LogP contribution in [0.25, 0.3) is 28.0 Å². The van der Waals surface area contributed by atoms with E-state index in [2.05, 4.69) is 20.1 Å². The molecular weight excluding hydrogens is 478 g/mol. The number of nitrogens with two attached hydrogens (primary N) is 2. The number of rotatable bonds is 5. The van der Waals surface area contributed by atoms with Gasteiger partial charge in [0.15, 0.2) is 11.6 Å². The van der Waals surface area contributed by atoms with Crippen LogP contribution in [0.3, 0.4) is 0 Å². The van der Waals surface area contributed by atoms with Gasteiger partial charge in [0.2, 0.25) is 0 Å². The highest BCUT2D eigenvalue weighted by Gasteiger charge is 2.22.